The summed E-state index contributed by atoms with van der Waals surface area (Å²) in [7, 11) is 0. The van der Waals surface area contributed by atoms with Crippen LogP contribution in [-0.4, -0.2) is 42.2 Å². The van der Waals surface area contributed by atoms with E-state index in [-0.39, 0.29) is 23.8 Å². The number of nitrogens with zero attached hydrogens (tertiary/aromatic N) is 2. The summed E-state index contributed by atoms with van der Waals surface area (Å²) in [6.45, 7) is 4.52. The molecule has 1 fully saturated rings. The van der Waals surface area contributed by atoms with Gasteiger partial charge in [0.15, 0.2) is 0 Å². The molecule has 130 valence electrons. The lowest BCUT2D eigenvalue weighted by molar-refractivity contribution is -0.116. The maximum Gasteiger partial charge on any atom is 0.258 e. The Morgan fingerprint density at radius 1 is 1.24 bits per heavy atom. The lowest BCUT2D eigenvalue weighted by atomic mass is 9.86. The molecule has 0 aliphatic carbocycles. The van der Waals surface area contributed by atoms with E-state index < -0.39 is 0 Å². The number of aryl methyl sites for hydroxylation is 1. The highest BCUT2D eigenvalue weighted by Gasteiger charge is 2.31. The van der Waals surface area contributed by atoms with Crippen molar-refractivity contribution in [3.05, 3.63) is 51.3 Å². The molecule has 4 rings (SSSR count). The zero-order valence-corrected chi connectivity index (χ0v) is 14.0. The highest BCUT2D eigenvalue weighted by Crippen LogP contribution is 2.34. The number of hydrogen-bond donors (Lipinski definition) is 2. The summed E-state index contributed by atoms with van der Waals surface area (Å²) in [5.74, 6) is 0.453. The quantitative estimate of drug-likeness (QED) is 0.863. The first-order chi connectivity index (χ1) is 12.1. The summed E-state index contributed by atoms with van der Waals surface area (Å²) in [4.78, 5) is 34.4. The Kier molecular flexibility index (Phi) is 4.01. The van der Waals surface area contributed by atoms with Crippen molar-refractivity contribution in [2.45, 2.75) is 19.3 Å². The van der Waals surface area contributed by atoms with Crippen LogP contribution >= 0.6 is 0 Å². The first-order valence-electron chi connectivity index (χ1n) is 8.45. The number of hydrogen-bond acceptors (Lipinski definition) is 5. The van der Waals surface area contributed by atoms with Crippen LogP contribution in [-0.2, 0) is 9.53 Å². The average Bonchev–Trinajstić information content (AvgIpc) is 2.61. The highest BCUT2D eigenvalue weighted by molar-refractivity contribution is 5.94. The molecule has 2 aliphatic heterocycles. The molecule has 7 heteroatoms. The molecule has 25 heavy (non-hydrogen) atoms. The summed E-state index contributed by atoms with van der Waals surface area (Å²) in [6.07, 6.45) is 0.248. The summed E-state index contributed by atoms with van der Waals surface area (Å²) >= 11 is 0. The van der Waals surface area contributed by atoms with Gasteiger partial charge in [-0.15, -0.1) is 0 Å². The number of nitrogens with one attached hydrogen (secondary N) is 2. The van der Waals surface area contributed by atoms with Crippen LogP contribution < -0.4 is 15.8 Å². The summed E-state index contributed by atoms with van der Waals surface area (Å²) in [6, 6.07) is 7.91. The fraction of sp³-hybridized carbons (Fsp3) is 0.389. The van der Waals surface area contributed by atoms with Gasteiger partial charge >= 0.3 is 0 Å². The van der Waals surface area contributed by atoms with Gasteiger partial charge in [-0.1, -0.05) is 29.8 Å². The predicted molar refractivity (Wildman–Crippen MR) is 94.2 cm³/mol. The molecule has 1 aromatic carbocycles. The third-order valence-corrected chi connectivity index (χ3v) is 4.69. The highest BCUT2D eigenvalue weighted by atomic mass is 16.5. The van der Waals surface area contributed by atoms with Crippen LogP contribution in [0, 0.1) is 6.92 Å². The van der Waals surface area contributed by atoms with Gasteiger partial charge in [-0.2, -0.15) is 4.98 Å². The number of ether oxygens (including phenoxy) is 1. The number of carbonyl (C=O) groups is 1. The Balaban J connectivity index is 1.78. The van der Waals surface area contributed by atoms with E-state index in [1.165, 1.54) is 0 Å². The smallest absolute Gasteiger partial charge is 0.258 e. The second-order valence-electron chi connectivity index (χ2n) is 6.47. The van der Waals surface area contributed by atoms with Gasteiger partial charge in [0.2, 0.25) is 11.9 Å². The number of anilines is 2. The van der Waals surface area contributed by atoms with Crippen molar-refractivity contribution in [2.24, 2.45) is 0 Å². The number of H-pyrrole nitrogens is 1. The largest absolute Gasteiger partial charge is 0.378 e. The number of rotatable bonds is 2. The molecule has 3 heterocycles. The number of carbonyl (C=O) groups excluding carboxylic acids is 1. The van der Waals surface area contributed by atoms with Gasteiger partial charge in [-0.05, 0) is 12.5 Å². The Bertz CT molecular complexity index is 871. The van der Waals surface area contributed by atoms with E-state index >= 15 is 0 Å². The number of benzene rings is 1. The van der Waals surface area contributed by atoms with Gasteiger partial charge in [-0.3, -0.25) is 14.6 Å². The lowest BCUT2D eigenvalue weighted by Crippen LogP contribution is -2.40. The third-order valence-electron chi connectivity index (χ3n) is 4.69. The molecular formula is C18H20N4O3. The van der Waals surface area contributed by atoms with Gasteiger partial charge in [-0.25, -0.2) is 0 Å². The van der Waals surface area contributed by atoms with E-state index in [2.05, 4.69) is 15.3 Å². The Morgan fingerprint density at radius 3 is 2.80 bits per heavy atom. The van der Waals surface area contributed by atoms with E-state index in [4.69, 9.17) is 4.74 Å². The van der Waals surface area contributed by atoms with Crippen molar-refractivity contribution >= 4 is 17.7 Å². The maximum atomic E-state index is 12.8. The second-order valence-corrected chi connectivity index (χ2v) is 6.47. The number of aromatic nitrogens is 2. The van der Waals surface area contributed by atoms with Crippen LogP contribution in [0.4, 0.5) is 11.8 Å². The fourth-order valence-electron chi connectivity index (χ4n) is 3.46. The third kappa shape index (κ3) is 3.02. The molecule has 1 saturated heterocycles. The number of morpholine rings is 1. The van der Waals surface area contributed by atoms with Gasteiger partial charge in [0.25, 0.3) is 5.56 Å². The summed E-state index contributed by atoms with van der Waals surface area (Å²) < 4.78 is 5.34. The molecule has 0 bridgehead atoms. The van der Waals surface area contributed by atoms with Gasteiger partial charge in [0.05, 0.1) is 18.8 Å². The Morgan fingerprint density at radius 2 is 2.04 bits per heavy atom. The van der Waals surface area contributed by atoms with Crippen LogP contribution in [0.3, 0.4) is 0 Å². The van der Waals surface area contributed by atoms with Crippen LogP contribution in [0.1, 0.15) is 29.0 Å². The predicted octanol–water partition coefficient (Wildman–Crippen LogP) is 1.39. The minimum atomic E-state index is -0.279. The van der Waals surface area contributed by atoms with Crippen molar-refractivity contribution in [1.29, 1.82) is 0 Å². The summed E-state index contributed by atoms with van der Waals surface area (Å²) in [5, 5.41) is 2.77. The monoisotopic (exact) mass is 340 g/mol. The van der Waals surface area contributed by atoms with Crippen molar-refractivity contribution in [3.8, 4) is 0 Å². The molecular weight excluding hydrogens is 320 g/mol. The maximum absolute atomic E-state index is 12.8. The van der Waals surface area contributed by atoms with E-state index in [1.54, 1.807) is 0 Å². The van der Waals surface area contributed by atoms with Crippen LogP contribution in [0.5, 0.6) is 0 Å². The molecule has 2 N–H and O–H groups in total. The van der Waals surface area contributed by atoms with Crippen molar-refractivity contribution in [3.63, 3.8) is 0 Å². The molecule has 2 aliphatic rings. The molecule has 1 atom stereocenters. The molecule has 0 radical (unpaired) electrons. The molecule has 0 spiro atoms. The van der Waals surface area contributed by atoms with Crippen LogP contribution in [0.25, 0.3) is 0 Å². The van der Waals surface area contributed by atoms with Gasteiger partial charge < -0.3 is 15.0 Å². The second kappa shape index (κ2) is 6.33. The van der Waals surface area contributed by atoms with E-state index in [0.29, 0.717) is 43.6 Å². The number of fused-ring (bicyclic) bond motifs is 1. The Labute approximate surface area is 145 Å². The van der Waals surface area contributed by atoms with Crippen molar-refractivity contribution < 1.29 is 9.53 Å². The van der Waals surface area contributed by atoms with Gasteiger partial charge in [0, 0.05) is 25.4 Å². The number of amides is 1. The van der Waals surface area contributed by atoms with E-state index in [0.717, 1.165) is 11.1 Å². The molecule has 1 aromatic heterocycles. The van der Waals surface area contributed by atoms with Crippen molar-refractivity contribution in [2.75, 3.05) is 36.5 Å². The van der Waals surface area contributed by atoms with Gasteiger partial charge in [0.1, 0.15) is 5.82 Å². The molecule has 2 aromatic rings. The minimum absolute atomic E-state index is 0.120. The zero-order valence-electron chi connectivity index (χ0n) is 14.0. The first-order valence-corrected chi connectivity index (χ1v) is 8.45. The Hall–Kier alpha value is -2.67. The zero-order chi connectivity index (χ0) is 17.4. The lowest BCUT2D eigenvalue weighted by Gasteiger charge is -2.29. The standard InChI is InChI=1S/C18H20N4O3/c1-11-3-2-4-12(9-11)13-10-14(23)19-16-15(13)17(24)21-18(20-16)22-5-7-25-8-6-22/h2-4,9,13H,5-8,10H2,1H3,(H2,19,20,21,23,24). The fourth-order valence-corrected chi connectivity index (χ4v) is 3.46. The average molecular weight is 340 g/mol. The molecule has 1 unspecified atom stereocenters. The molecule has 7 nitrogen and oxygen atoms in total. The minimum Gasteiger partial charge on any atom is -0.378 e. The topological polar surface area (TPSA) is 87.3 Å². The van der Waals surface area contributed by atoms with Crippen LogP contribution in [0.15, 0.2) is 29.1 Å². The van der Waals surface area contributed by atoms with E-state index in [9.17, 15) is 9.59 Å². The van der Waals surface area contributed by atoms with E-state index in [1.807, 2.05) is 36.1 Å². The first kappa shape index (κ1) is 15.8. The normalized spacial score (nSPS) is 20.1. The molecule has 1 amide bonds. The molecule has 0 saturated carbocycles. The van der Waals surface area contributed by atoms with Crippen molar-refractivity contribution in [1.82, 2.24) is 9.97 Å². The number of aromatic amines is 1. The SMILES string of the molecule is Cc1cccc(C2CC(=O)Nc3nc(N4CCOCC4)[nH]c(=O)c32)c1. The summed E-state index contributed by atoms with van der Waals surface area (Å²) in [5.41, 5.74) is 2.39. The van der Waals surface area contributed by atoms with Crippen LogP contribution in [0.2, 0.25) is 0 Å².